The van der Waals surface area contributed by atoms with Crippen LogP contribution in [0.15, 0.2) is 24.3 Å². The van der Waals surface area contributed by atoms with Crippen LogP contribution >= 0.6 is 11.6 Å². The van der Waals surface area contributed by atoms with Crippen molar-refractivity contribution in [2.24, 2.45) is 5.92 Å². The van der Waals surface area contributed by atoms with Crippen LogP contribution in [0.5, 0.6) is 0 Å². The van der Waals surface area contributed by atoms with Crippen molar-refractivity contribution in [1.82, 2.24) is 5.32 Å². The summed E-state index contributed by atoms with van der Waals surface area (Å²) in [6.45, 7) is 2.32. The summed E-state index contributed by atoms with van der Waals surface area (Å²) >= 11 is 6.13. The molecule has 1 aliphatic rings. The SMILES string of the molecule is CNC(c1cccc(Cl)c1)C1(OC)CCCC(C)C1. The summed E-state index contributed by atoms with van der Waals surface area (Å²) in [4.78, 5) is 0. The predicted octanol–water partition coefficient (Wildman–Crippen LogP) is 4.20. The fourth-order valence-electron chi connectivity index (χ4n) is 3.53. The topological polar surface area (TPSA) is 21.3 Å². The Morgan fingerprint density at radius 1 is 1.47 bits per heavy atom. The number of hydrogen-bond acceptors (Lipinski definition) is 2. The molecule has 0 amide bonds. The average molecular weight is 282 g/mol. The van der Waals surface area contributed by atoms with Gasteiger partial charge in [0.05, 0.1) is 11.6 Å². The van der Waals surface area contributed by atoms with E-state index in [1.54, 1.807) is 0 Å². The standard InChI is InChI=1S/C16H24ClNO/c1-12-6-5-9-16(11-12,19-3)15(18-2)13-7-4-8-14(17)10-13/h4,7-8,10,12,15,18H,5-6,9,11H2,1-3H3. The molecule has 0 bridgehead atoms. The molecular weight excluding hydrogens is 258 g/mol. The molecular formula is C16H24ClNO. The van der Waals surface area contributed by atoms with Crippen LogP contribution in [0.2, 0.25) is 5.02 Å². The van der Waals surface area contributed by atoms with Crippen molar-refractivity contribution in [3.05, 3.63) is 34.9 Å². The van der Waals surface area contributed by atoms with E-state index in [1.807, 2.05) is 32.4 Å². The maximum absolute atomic E-state index is 6.13. The fraction of sp³-hybridized carbons (Fsp3) is 0.625. The molecule has 1 N–H and O–H groups in total. The fourth-order valence-corrected chi connectivity index (χ4v) is 3.73. The van der Waals surface area contributed by atoms with Crippen molar-refractivity contribution in [3.63, 3.8) is 0 Å². The molecule has 0 heterocycles. The summed E-state index contributed by atoms with van der Waals surface area (Å²) in [7, 11) is 3.85. The van der Waals surface area contributed by atoms with Gasteiger partial charge < -0.3 is 10.1 Å². The van der Waals surface area contributed by atoms with Crippen molar-refractivity contribution < 1.29 is 4.74 Å². The molecule has 0 radical (unpaired) electrons. The van der Waals surface area contributed by atoms with Gasteiger partial charge in [-0.05, 0) is 43.5 Å². The summed E-state index contributed by atoms with van der Waals surface area (Å²) < 4.78 is 5.99. The van der Waals surface area contributed by atoms with E-state index >= 15 is 0 Å². The molecule has 0 spiro atoms. The molecule has 1 aliphatic carbocycles. The molecule has 0 aromatic heterocycles. The van der Waals surface area contributed by atoms with Gasteiger partial charge in [0.2, 0.25) is 0 Å². The second kappa shape index (κ2) is 6.25. The summed E-state index contributed by atoms with van der Waals surface area (Å²) in [6.07, 6.45) is 4.73. The van der Waals surface area contributed by atoms with Crippen LogP contribution in [0.25, 0.3) is 0 Å². The normalized spacial score (nSPS) is 29.2. The number of ether oxygens (including phenoxy) is 1. The number of methoxy groups -OCH3 is 1. The second-order valence-corrected chi connectivity index (χ2v) is 6.18. The van der Waals surface area contributed by atoms with Gasteiger partial charge in [-0.15, -0.1) is 0 Å². The van der Waals surface area contributed by atoms with Crippen LogP contribution < -0.4 is 5.32 Å². The molecule has 3 atom stereocenters. The van der Waals surface area contributed by atoms with Crippen LogP contribution in [0.4, 0.5) is 0 Å². The van der Waals surface area contributed by atoms with Crippen LogP contribution in [0, 0.1) is 5.92 Å². The molecule has 1 fully saturated rings. The highest BCUT2D eigenvalue weighted by Crippen LogP contribution is 2.43. The molecule has 106 valence electrons. The van der Waals surface area contributed by atoms with E-state index in [1.165, 1.54) is 18.4 Å². The first-order valence-corrected chi connectivity index (χ1v) is 7.47. The molecule has 1 aromatic rings. The van der Waals surface area contributed by atoms with E-state index in [9.17, 15) is 0 Å². The van der Waals surface area contributed by atoms with Gasteiger partial charge in [-0.25, -0.2) is 0 Å². The summed E-state index contributed by atoms with van der Waals surface area (Å²) in [5, 5.41) is 4.23. The van der Waals surface area contributed by atoms with Crippen molar-refractivity contribution in [1.29, 1.82) is 0 Å². The Kier molecular flexibility index (Phi) is 4.88. The molecule has 19 heavy (non-hydrogen) atoms. The number of halogens is 1. The minimum absolute atomic E-state index is 0.114. The first-order chi connectivity index (χ1) is 9.11. The number of hydrogen-bond donors (Lipinski definition) is 1. The van der Waals surface area contributed by atoms with Gasteiger partial charge in [-0.2, -0.15) is 0 Å². The molecule has 1 aromatic carbocycles. The zero-order chi connectivity index (χ0) is 13.9. The highest BCUT2D eigenvalue weighted by Gasteiger charge is 2.42. The minimum atomic E-state index is -0.114. The third kappa shape index (κ3) is 3.13. The van der Waals surface area contributed by atoms with Crippen LogP contribution in [0.3, 0.4) is 0 Å². The molecule has 1 saturated carbocycles. The number of likely N-dealkylation sites (N-methyl/N-ethyl adjacent to an activating group) is 1. The number of rotatable bonds is 4. The third-order valence-corrected chi connectivity index (χ3v) is 4.63. The molecule has 3 heteroatoms. The highest BCUT2D eigenvalue weighted by atomic mass is 35.5. The molecule has 0 aliphatic heterocycles. The Hall–Kier alpha value is -0.570. The van der Waals surface area contributed by atoms with Crippen LogP contribution in [-0.4, -0.2) is 19.8 Å². The van der Waals surface area contributed by atoms with E-state index in [0.717, 1.165) is 17.9 Å². The maximum atomic E-state index is 6.13. The predicted molar refractivity (Wildman–Crippen MR) is 80.6 cm³/mol. The molecule has 3 unspecified atom stereocenters. The first-order valence-electron chi connectivity index (χ1n) is 7.09. The van der Waals surface area contributed by atoms with Crippen LogP contribution in [-0.2, 0) is 4.74 Å². The Balaban J connectivity index is 2.33. The second-order valence-electron chi connectivity index (χ2n) is 5.75. The van der Waals surface area contributed by atoms with Gasteiger partial charge in [0.25, 0.3) is 0 Å². The Morgan fingerprint density at radius 2 is 2.26 bits per heavy atom. The average Bonchev–Trinajstić information content (AvgIpc) is 2.39. The molecule has 2 nitrogen and oxygen atoms in total. The lowest BCUT2D eigenvalue weighted by Gasteiger charge is -2.44. The van der Waals surface area contributed by atoms with Crippen molar-refractivity contribution in [2.75, 3.05) is 14.2 Å². The lowest BCUT2D eigenvalue weighted by atomic mass is 9.73. The number of nitrogens with one attached hydrogen (secondary N) is 1. The number of benzene rings is 1. The zero-order valence-electron chi connectivity index (χ0n) is 12.1. The van der Waals surface area contributed by atoms with Gasteiger partial charge in [0.15, 0.2) is 0 Å². The van der Waals surface area contributed by atoms with Gasteiger partial charge >= 0.3 is 0 Å². The van der Waals surface area contributed by atoms with E-state index in [-0.39, 0.29) is 11.6 Å². The monoisotopic (exact) mass is 281 g/mol. The smallest absolute Gasteiger partial charge is 0.0874 e. The third-order valence-electron chi connectivity index (χ3n) is 4.39. The maximum Gasteiger partial charge on any atom is 0.0874 e. The highest BCUT2D eigenvalue weighted by molar-refractivity contribution is 6.30. The van der Waals surface area contributed by atoms with E-state index in [2.05, 4.69) is 18.3 Å². The van der Waals surface area contributed by atoms with Gasteiger partial charge in [-0.3, -0.25) is 0 Å². The summed E-state index contributed by atoms with van der Waals surface area (Å²) in [5.74, 6) is 0.712. The quantitative estimate of drug-likeness (QED) is 0.893. The Labute approximate surface area is 121 Å². The van der Waals surface area contributed by atoms with Crippen molar-refractivity contribution in [3.8, 4) is 0 Å². The van der Waals surface area contributed by atoms with Gasteiger partial charge in [0.1, 0.15) is 0 Å². The lowest BCUT2D eigenvalue weighted by molar-refractivity contribution is -0.0790. The first kappa shape index (κ1) is 14.8. The van der Waals surface area contributed by atoms with Crippen molar-refractivity contribution >= 4 is 11.6 Å². The van der Waals surface area contributed by atoms with E-state index in [4.69, 9.17) is 16.3 Å². The van der Waals surface area contributed by atoms with Gasteiger partial charge in [-0.1, -0.05) is 43.5 Å². The Morgan fingerprint density at radius 3 is 2.84 bits per heavy atom. The largest absolute Gasteiger partial charge is 0.376 e. The van der Waals surface area contributed by atoms with Crippen molar-refractivity contribution in [2.45, 2.75) is 44.2 Å². The van der Waals surface area contributed by atoms with E-state index in [0.29, 0.717) is 5.92 Å². The Bertz CT molecular complexity index is 423. The summed E-state index contributed by atoms with van der Waals surface area (Å²) in [5.41, 5.74) is 1.10. The minimum Gasteiger partial charge on any atom is -0.376 e. The summed E-state index contributed by atoms with van der Waals surface area (Å²) in [6, 6.07) is 8.30. The van der Waals surface area contributed by atoms with Gasteiger partial charge in [0, 0.05) is 12.1 Å². The van der Waals surface area contributed by atoms with Crippen LogP contribution in [0.1, 0.15) is 44.2 Å². The van der Waals surface area contributed by atoms with E-state index < -0.39 is 0 Å². The zero-order valence-corrected chi connectivity index (χ0v) is 12.8. The molecule has 2 rings (SSSR count). The molecule has 0 saturated heterocycles. The lowest BCUT2D eigenvalue weighted by Crippen LogP contribution is -2.47.